The van der Waals surface area contributed by atoms with Crippen LogP contribution in [0.1, 0.15) is 0 Å². The predicted molar refractivity (Wildman–Crippen MR) is 80.1 cm³/mol. The number of nitrogens with zero attached hydrogens (tertiary/aromatic N) is 2. The zero-order valence-electron chi connectivity index (χ0n) is 12.1. The van der Waals surface area contributed by atoms with Gasteiger partial charge in [0.15, 0.2) is 11.5 Å². The Morgan fingerprint density at radius 1 is 1.29 bits per heavy atom. The highest BCUT2D eigenvalue weighted by Gasteiger charge is 2.13. The molecule has 0 fully saturated rings. The molecule has 9 heteroatoms. The maximum Gasteiger partial charge on any atom is 0.208 e. The van der Waals surface area contributed by atoms with Gasteiger partial charge in [0.1, 0.15) is 0 Å². The van der Waals surface area contributed by atoms with Crippen LogP contribution < -0.4 is 19.9 Å². The highest BCUT2D eigenvalue weighted by atomic mass is 32.2. The average molecular weight is 314 g/mol. The summed E-state index contributed by atoms with van der Waals surface area (Å²) in [5.74, 6) is 1.42. The van der Waals surface area contributed by atoms with Gasteiger partial charge in [-0.1, -0.05) is 0 Å². The third kappa shape index (κ3) is 3.37. The van der Waals surface area contributed by atoms with E-state index in [1.54, 1.807) is 30.9 Å². The summed E-state index contributed by atoms with van der Waals surface area (Å²) < 4.78 is 36.8. The van der Waals surface area contributed by atoms with Gasteiger partial charge in [0, 0.05) is 25.2 Å². The van der Waals surface area contributed by atoms with Crippen LogP contribution in [0.5, 0.6) is 11.5 Å². The number of benzene rings is 1. The molecule has 1 aromatic carbocycles. The summed E-state index contributed by atoms with van der Waals surface area (Å²) in [6, 6.07) is 3.49. The minimum absolute atomic E-state index is 0.225. The third-order valence-corrected chi connectivity index (χ3v) is 3.71. The number of hydrogen-bond donors (Lipinski definition) is 2. The standard InChI is InChI=1S/C12H18N4O4S/c1-19-10-6-8-9(7-11(10)20-2)16(12(13)15-8)5-4-14-21(3,17)18/h6-7,14H,4-5H2,1-3H3,(H2,13,15). The minimum atomic E-state index is -3.24. The van der Waals surface area contributed by atoms with E-state index in [0.717, 1.165) is 11.8 Å². The Morgan fingerprint density at radius 3 is 2.48 bits per heavy atom. The van der Waals surface area contributed by atoms with Crippen molar-refractivity contribution in [2.45, 2.75) is 6.54 Å². The molecule has 0 bridgehead atoms. The van der Waals surface area contributed by atoms with E-state index in [4.69, 9.17) is 15.2 Å². The largest absolute Gasteiger partial charge is 0.493 e. The molecule has 0 amide bonds. The molecule has 116 valence electrons. The first-order chi connectivity index (χ1) is 9.85. The fourth-order valence-electron chi connectivity index (χ4n) is 2.05. The van der Waals surface area contributed by atoms with Gasteiger partial charge in [-0.3, -0.25) is 0 Å². The number of sulfonamides is 1. The van der Waals surface area contributed by atoms with E-state index in [2.05, 4.69) is 9.71 Å². The van der Waals surface area contributed by atoms with E-state index in [9.17, 15) is 8.42 Å². The second kappa shape index (κ2) is 5.78. The highest BCUT2D eigenvalue weighted by Crippen LogP contribution is 2.32. The van der Waals surface area contributed by atoms with E-state index in [-0.39, 0.29) is 6.54 Å². The Hall–Kier alpha value is -2.00. The molecular formula is C12H18N4O4S. The molecule has 0 saturated heterocycles. The van der Waals surface area contributed by atoms with Crippen LogP contribution in [0.2, 0.25) is 0 Å². The molecule has 0 atom stereocenters. The van der Waals surface area contributed by atoms with E-state index in [1.807, 2.05) is 0 Å². The molecule has 1 heterocycles. The van der Waals surface area contributed by atoms with E-state index < -0.39 is 10.0 Å². The van der Waals surface area contributed by atoms with Crippen molar-refractivity contribution in [1.29, 1.82) is 0 Å². The van der Waals surface area contributed by atoms with Crippen LogP contribution in [-0.4, -0.2) is 45.0 Å². The molecule has 8 nitrogen and oxygen atoms in total. The number of methoxy groups -OCH3 is 2. The van der Waals surface area contributed by atoms with Gasteiger partial charge in [-0.2, -0.15) is 0 Å². The van der Waals surface area contributed by atoms with E-state index >= 15 is 0 Å². The lowest BCUT2D eigenvalue weighted by Gasteiger charge is -2.10. The molecule has 0 aliphatic heterocycles. The Morgan fingerprint density at radius 2 is 1.90 bits per heavy atom. The zero-order chi connectivity index (χ0) is 15.6. The molecule has 2 rings (SSSR count). The Labute approximate surface area is 122 Å². The van der Waals surface area contributed by atoms with Crippen molar-refractivity contribution in [1.82, 2.24) is 14.3 Å². The van der Waals surface area contributed by atoms with Gasteiger partial charge in [0.25, 0.3) is 0 Å². The van der Waals surface area contributed by atoms with Crippen LogP contribution in [0.15, 0.2) is 12.1 Å². The molecule has 0 spiro atoms. The second-order valence-corrected chi connectivity index (χ2v) is 6.32. The summed E-state index contributed by atoms with van der Waals surface area (Å²) in [7, 11) is -0.154. The third-order valence-electron chi connectivity index (χ3n) is 2.98. The van der Waals surface area contributed by atoms with Gasteiger partial charge in [-0.25, -0.2) is 18.1 Å². The molecule has 3 N–H and O–H groups in total. The van der Waals surface area contributed by atoms with Crippen molar-refractivity contribution in [3.8, 4) is 11.5 Å². The van der Waals surface area contributed by atoms with Crippen LogP contribution in [0, 0.1) is 0 Å². The van der Waals surface area contributed by atoms with Crippen LogP contribution >= 0.6 is 0 Å². The predicted octanol–water partition coefficient (Wildman–Crippen LogP) is 0.185. The number of nitrogens with one attached hydrogen (secondary N) is 1. The number of hydrogen-bond acceptors (Lipinski definition) is 6. The van der Waals surface area contributed by atoms with Crippen LogP contribution in [0.4, 0.5) is 5.95 Å². The van der Waals surface area contributed by atoms with E-state index in [0.29, 0.717) is 29.5 Å². The van der Waals surface area contributed by atoms with Gasteiger partial charge in [0.2, 0.25) is 16.0 Å². The molecule has 1 aromatic heterocycles. The van der Waals surface area contributed by atoms with Gasteiger partial charge < -0.3 is 19.8 Å². The number of aromatic nitrogens is 2. The first-order valence-electron chi connectivity index (χ1n) is 6.18. The number of imidazole rings is 1. The zero-order valence-corrected chi connectivity index (χ0v) is 12.9. The average Bonchev–Trinajstić information content (AvgIpc) is 2.71. The lowest BCUT2D eigenvalue weighted by molar-refractivity contribution is 0.355. The summed E-state index contributed by atoms with van der Waals surface area (Å²) in [4.78, 5) is 4.24. The molecule has 0 aliphatic carbocycles. The number of ether oxygens (including phenoxy) is 2. The Bertz CT molecular complexity index is 754. The number of rotatable bonds is 6. The molecular weight excluding hydrogens is 296 g/mol. The second-order valence-electron chi connectivity index (χ2n) is 4.48. The quantitative estimate of drug-likeness (QED) is 0.787. The normalized spacial score (nSPS) is 11.8. The summed E-state index contributed by atoms with van der Waals surface area (Å²) in [6.07, 6.45) is 1.11. The van der Waals surface area contributed by atoms with Crippen molar-refractivity contribution < 1.29 is 17.9 Å². The smallest absolute Gasteiger partial charge is 0.208 e. The van der Waals surface area contributed by atoms with Gasteiger partial charge in [-0.15, -0.1) is 0 Å². The van der Waals surface area contributed by atoms with Gasteiger partial charge >= 0.3 is 0 Å². The monoisotopic (exact) mass is 314 g/mol. The fourth-order valence-corrected chi connectivity index (χ4v) is 2.51. The van der Waals surface area contributed by atoms with Crippen LogP contribution in [0.25, 0.3) is 11.0 Å². The SMILES string of the molecule is COc1cc2nc(N)n(CCNS(C)(=O)=O)c2cc1OC. The van der Waals surface area contributed by atoms with Crippen LogP contribution in [-0.2, 0) is 16.6 Å². The van der Waals surface area contributed by atoms with Crippen molar-refractivity contribution in [2.75, 3.05) is 32.8 Å². The molecule has 21 heavy (non-hydrogen) atoms. The summed E-state index contributed by atoms with van der Waals surface area (Å²) >= 11 is 0. The maximum atomic E-state index is 11.1. The number of fused-ring (bicyclic) bond motifs is 1. The van der Waals surface area contributed by atoms with Crippen molar-refractivity contribution in [3.05, 3.63) is 12.1 Å². The minimum Gasteiger partial charge on any atom is -0.493 e. The van der Waals surface area contributed by atoms with Crippen molar-refractivity contribution in [2.24, 2.45) is 0 Å². The summed E-state index contributed by atoms with van der Waals surface area (Å²) in [5.41, 5.74) is 7.29. The van der Waals surface area contributed by atoms with Gasteiger partial charge in [-0.05, 0) is 0 Å². The first-order valence-corrected chi connectivity index (χ1v) is 8.07. The summed E-state index contributed by atoms with van der Waals surface area (Å²) in [6.45, 7) is 0.591. The number of anilines is 1. The first kappa shape index (κ1) is 15.4. The molecule has 0 unspecified atom stereocenters. The van der Waals surface area contributed by atoms with Crippen molar-refractivity contribution in [3.63, 3.8) is 0 Å². The maximum absolute atomic E-state index is 11.1. The van der Waals surface area contributed by atoms with Gasteiger partial charge in [0.05, 0.1) is 31.5 Å². The Kier molecular flexibility index (Phi) is 4.24. The number of nitrogens with two attached hydrogens (primary N) is 1. The fraction of sp³-hybridized carbons (Fsp3) is 0.417. The summed E-state index contributed by atoms with van der Waals surface area (Å²) in [5, 5.41) is 0. The molecule has 0 saturated carbocycles. The highest BCUT2D eigenvalue weighted by molar-refractivity contribution is 7.88. The molecule has 0 radical (unpaired) electrons. The topological polar surface area (TPSA) is 108 Å². The Balaban J connectivity index is 2.37. The molecule has 0 aliphatic rings. The number of nitrogen functional groups attached to an aromatic ring is 1. The lowest BCUT2D eigenvalue weighted by atomic mass is 10.2. The molecule has 2 aromatic rings. The lowest BCUT2D eigenvalue weighted by Crippen LogP contribution is -2.26. The van der Waals surface area contributed by atoms with E-state index in [1.165, 1.54) is 0 Å². The van der Waals surface area contributed by atoms with Crippen molar-refractivity contribution >= 4 is 27.0 Å². The van der Waals surface area contributed by atoms with Crippen LogP contribution in [0.3, 0.4) is 0 Å².